The van der Waals surface area contributed by atoms with Crippen LogP contribution in [0.1, 0.15) is 32.1 Å². The van der Waals surface area contributed by atoms with Crippen molar-refractivity contribution in [2.45, 2.75) is 38.1 Å². The number of anilines is 2. The lowest BCUT2D eigenvalue weighted by Gasteiger charge is -2.39. The molecular weight excluding hydrogens is 338 g/mol. The second-order valence-electron chi connectivity index (χ2n) is 5.51. The van der Waals surface area contributed by atoms with Crippen molar-refractivity contribution in [1.29, 1.82) is 0 Å². The molecular formula is C14H16BrN3O3. The summed E-state index contributed by atoms with van der Waals surface area (Å²) in [4.78, 5) is 29.4. The van der Waals surface area contributed by atoms with Crippen molar-refractivity contribution in [3.63, 3.8) is 0 Å². The smallest absolute Gasteiger partial charge is 0.412 e. The van der Waals surface area contributed by atoms with Gasteiger partial charge < -0.3 is 10.4 Å². The third-order valence-corrected chi connectivity index (χ3v) is 4.62. The molecule has 1 aliphatic heterocycles. The van der Waals surface area contributed by atoms with Crippen molar-refractivity contribution in [1.82, 2.24) is 4.98 Å². The van der Waals surface area contributed by atoms with Crippen LogP contribution in [-0.4, -0.2) is 28.1 Å². The van der Waals surface area contributed by atoms with E-state index >= 15 is 0 Å². The van der Waals surface area contributed by atoms with E-state index in [1.807, 2.05) is 0 Å². The molecule has 0 aromatic carbocycles. The summed E-state index contributed by atoms with van der Waals surface area (Å²) in [5.41, 5.74) is 0.437. The van der Waals surface area contributed by atoms with Gasteiger partial charge in [-0.2, -0.15) is 0 Å². The Balaban J connectivity index is 2.03. The van der Waals surface area contributed by atoms with Gasteiger partial charge in [0.2, 0.25) is 5.91 Å². The van der Waals surface area contributed by atoms with E-state index in [1.165, 1.54) is 4.90 Å². The van der Waals surface area contributed by atoms with Gasteiger partial charge in [-0.1, -0.05) is 19.3 Å². The van der Waals surface area contributed by atoms with E-state index in [-0.39, 0.29) is 11.8 Å². The molecule has 112 valence electrons. The standard InChI is InChI=1S/C14H16BrN3O3/c15-9-6-10-12(16-7-9)17-13(19)11(18(10)14(20)21)8-4-2-1-3-5-8/h6-8,11H,1-5H2,(H,20,21)(H,16,17,19). The van der Waals surface area contributed by atoms with Crippen LogP contribution < -0.4 is 10.2 Å². The Hall–Kier alpha value is -1.63. The predicted octanol–water partition coefficient (Wildman–Crippen LogP) is 3.23. The molecule has 6 nitrogen and oxygen atoms in total. The van der Waals surface area contributed by atoms with E-state index in [0.29, 0.717) is 16.0 Å². The lowest BCUT2D eigenvalue weighted by Crippen LogP contribution is -2.54. The third-order valence-electron chi connectivity index (χ3n) is 4.18. The van der Waals surface area contributed by atoms with Crippen LogP contribution >= 0.6 is 15.9 Å². The molecule has 2 heterocycles. The van der Waals surface area contributed by atoms with Gasteiger partial charge in [-0.3, -0.25) is 9.69 Å². The van der Waals surface area contributed by atoms with Gasteiger partial charge in [0.15, 0.2) is 5.82 Å². The first-order valence-electron chi connectivity index (χ1n) is 7.06. The molecule has 1 unspecified atom stereocenters. The average molecular weight is 354 g/mol. The lowest BCUT2D eigenvalue weighted by atomic mass is 9.82. The average Bonchev–Trinajstić information content (AvgIpc) is 2.47. The highest BCUT2D eigenvalue weighted by Gasteiger charge is 2.42. The third kappa shape index (κ3) is 2.62. The zero-order valence-corrected chi connectivity index (χ0v) is 13.0. The predicted molar refractivity (Wildman–Crippen MR) is 81.4 cm³/mol. The molecule has 2 amide bonds. The van der Waals surface area contributed by atoms with Crippen molar-refractivity contribution in [2.24, 2.45) is 5.92 Å². The molecule has 7 heteroatoms. The van der Waals surface area contributed by atoms with Gasteiger partial charge in [0.25, 0.3) is 0 Å². The highest BCUT2D eigenvalue weighted by molar-refractivity contribution is 9.10. The summed E-state index contributed by atoms with van der Waals surface area (Å²) in [5, 5.41) is 12.3. The van der Waals surface area contributed by atoms with Crippen molar-refractivity contribution in [3.05, 3.63) is 16.7 Å². The molecule has 21 heavy (non-hydrogen) atoms. The number of hydrogen-bond acceptors (Lipinski definition) is 3. The summed E-state index contributed by atoms with van der Waals surface area (Å²) in [7, 11) is 0. The van der Waals surface area contributed by atoms with E-state index in [2.05, 4.69) is 26.2 Å². The van der Waals surface area contributed by atoms with Gasteiger partial charge in [-0.25, -0.2) is 9.78 Å². The van der Waals surface area contributed by atoms with Gasteiger partial charge in [0.1, 0.15) is 6.04 Å². The number of halogens is 1. The number of nitrogens with one attached hydrogen (secondary N) is 1. The molecule has 1 saturated carbocycles. The van der Waals surface area contributed by atoms with Crippen molar-refractivity contribution in [2.75, 3.05) is 10.2 Å². The number of fused-ring (bicyclic) bond motifs is 1. The summed E-state index contributed by atoms with van der Waals surface area (Å²) in [6.45, 7) is 0. The first-order valence-corrected chi connectivity index (χ1v) is 7.86. The number of aromatic nitrogens is 1. The Labute approximate surface area is 130 Å². The summed E-state index contributed by atoms with van der Waals surface area (Å²) < 4.78 is 0.686. The van der Waals surface area contributed by atoms with Gasteiger partial charge >= 0.3 is 6.09 Å². The van der Waals surface area contributed by atoms with E-state index in [4.69, 9.17) is 0 Å². The molecule has 0 bridgehead atoms. The Bertz CT molecular complexity index is 587. The normalized spacial score (nSPS) is 22.6. The Morgan fingerprint density at radius 1 is 1.38 bits per heavy atom. The van der Waals surface area contributed by atoms with E-state index < -0.39 is 12.1 Å². The fourth-order valence-electron chi connectivity index (χ4n) is 3.26. The molecule has 0 spiro atoms. The second-order valence-corrected chi connectivity index (χ2v) is 6.42. The summed E-state index contributed by atoms with van der Waals surface area (Å²) in [5.74, 6) is 0.103. The highest BCUT2D eigenvalue weighted by atomic mass is 79.9. The number of carbonyl (C=O) groups is 2. The molecule has 1 atom stereocenters. The molecule has 1 aromatic heterocycles. The Morgan fingerprint density at radius 3 is 2.76 bits per heavy atom. The molecule has 1 aliphatic carbocycles. The van der Waals surface area contributed by atoms with Crippen LogP contribution in [0.2, 0.25) is 0 Å². The topological polar surface area (TPSA) is 82.5 Å². The van der Waals surface area contributed by atoms with Crippen LogP contribution in [0.4, 0.5) is 16.3 Å². The van der Waals surface area contributed by atoms with Crippen LogP contribution in [0.15, 0.2) is 16.7 Å². The number of rotatable bonds is 1. The fourth-order valence-corrected chi connectivity index (χ4v) is 3.58. The number of carboxylic acid groups (broad SMARTS) is 1. The van der Waals surface area contributed by atoms with E-state index in [9.17, 15) is 14.7 Å². The zero-order valence-electron chi connectivity index (χ0n) is 11.4. The zero-order chi connectivity index (χ0) is 15.0. The molecule has 1 fully saturated rings. The van der Waals surface area contributed by atoms with Crippen LogP contribution in [0, 0.1) is 5.92 Å². The van der Waals surface area contributed by atoms with Crippen molar-refractivity contribution >= 4 is 39.4 Å². The minimum absolute atomic E-state index is 0.0713. The minimum Gasteiger partial charge on any atom is -0.465 e. The number of nitrogens with zero attached hydrogens (tertiary/aromatic N) is 2. The maximum Gasteiger partial charge on any atom is 0.412 e. The summed E-state index contributed by atoms with van der Waals surface area (Å²) in [6.07, 6.45) is 5.46. The van der Waals surface area contributed by atoms with E-state index in [1.54, 1.807) is 12.3 Å². The second kappa shape index (κ2) is 5.63. The Morgan fingerprint density at radius 2 is 2.10 bits per heavy atom. The number of pyridine rings is 1. The van der Waals surface area contributed by atoms with Gasteiger partial charge in [0.05, 0.1) is 5.69 Å². The largest absolute Gasteiger partial charge is 0.465 e. The monoisotopic (exact) mass is 353 g/mol. The van der Waals surface area contributed by atoms with Gasteiger partial charge in [0, 0.05) is 10.7 Å². The number of carbonyl (C=O) groups excluding carboxylic acids is 1. The van der Waals surface area contributed by atoms with Crippen LogP contribution in [0.5, 0.6) is 0 Å². The molecule has 0 radical (unpaired) electrons. The SMILES string of the molecule is O=C1Nc2ncc(Br)cc2N(C(=O)O)C1C1CCCCC1. The quantitative estimate of drug-likeness (QED) is 0.811. The van der Waals surface area contributed by atoms with Crippen molar-refractivity contribution in [3.8, 4) is 0 Å². The summed E-state index contributed by atoms with van der Waals surface area (Å²) in [6, 6.07) is 1.03. The Kier molecular flexibility index (Phi) is 3.84. The highest BCUT2D eigenvalue weighted by Crippen LogP contribution is 2.38. The molecule has 1 aromatic rings. The van der Waals surface area contributed by atoms with Gasteiger partial charge in [-0.15, -0.1) is 0 Å². The molecule has 0 saturated heterocycles. The van der Waals surface area contributed by atoms with Gasteiger partial charge in [-0.05, 0) is 40.8 Å². The maximum atomic E-state index is 12.4. The molecule has 2 aliphatic rings. The number of hydrogen-bond donors (Lipinski definition) is 2. The first-order chi connectivity index (χ1) is 10.1. The van der Waals surface area contributed by atoms with E-state index in [0.717, 1.165) is 32.1 Å². The first kappa shape index (κ1) is 14.3. The maximum absolute atomic E-state index is 12.4. The van der Waals surface area contributed by atoms with Crippen LogP contribution in [-0.2, 0) is 4.79 Å². The fraction of sp³-hybridized carbons (Fsp3) is 0.500. The summed E-state index contributed by atoms with van der Waals surface area (Å²) >= 11 is 3.30. The lowest BCUT2D eigenvalue weighted by molar-refractivity contribution is -0.119. The molecule has 3 rings (SSSR count). The minimum atomic E-state index is -1.11. The van der Waals surface area contributed by atoms with Crippen LogP contribution in [0.25, 0.3) is 0 Å². The number of amides is 2. The van der Waals surface area contributed by atoms with Crippen LogP contribution in [0.3, 0.4) is 0 Å². The molecule has 2 N–H and O–H groups in total. The van der Waals surface area contributed by atoms with Crippen molar-refractivity contribution < 1.29 is 14.7 Å².